The Morgan fingerprint density at radius 2 is 2.07 bits per heavy atom. The molecule has 0 amide bonds. The molecule has 2 heterocycles. The lowest BCUT2D eigenvalue weighted by atomic mass is 10.0. The van der Waals surface area contributed by atoms with Crippen LogP contribution in [0.15, 0.2) is 29.3 Å². The van der Waals surface area contributed by atoms with Crippen molar-refractivity contribution in [3.05, 3.63) is 47.0 Å². The molecule has 0 atom stereocenters. The Bertz CT molecular complexity index is 770. The van der Waals surface area contributed by atoms with Crippen LogP contribution in [0.4, 0.5) is 0 Å². The van der Waals surface area contributed by atoms with E-state index in [-0.39, 0.29) is 0 Å². The van der Waals surface area contributed by atoms with E-state index in [1.165, 1.54) is 11.1 Å². The summed E-state index contributed by atoms with van der Waals surface area (Å²) in [6, 6.07) is 8.66. The molecule has 27 heavy (non-hydrogen) atoms. The third-order valence-electron chi connectivity index (χ3n) is 4.94. The van der Waals surface area contributed by atoms with E-state index >= 15 is 0 Å². The fourth-order valence-corrected chi connectivity index (χ4v) is 3.20. The molecule has 3 rings (SSSR count). The number of guanidine groups is 1. The fraction of sp³-hybridized carbons (Fsp3) is 0.550. The number of aromatic nitrogens is 3. The summed E-state index contributed by atoms with van der Waals surface area (Å²) in [4.78, 5) is 7.18. The van der Waals surface area contributed by atoms with E-state index in [1.54, 1.807) is 0 Å². The molecular formula is C20H30N6O. The van der Waals surface area contributed by atoms with Crippen LogP contribution >= 0.6 is 0 Å². The van der Waals surface area contributed by atoms with Crippen LogP contribution in [0.2, 0.25) is 0 Å². The number of nitrogens with one attached hydrogen (secondary N) is 1. The zero-order valence-corrected chi connectivity index (χ0v) is 16.6. The lowest BCUT2D eigenvalue weighted by Gasteiger charge is -2.32. The first-order chi connectivity index (χ1) is 13.2. The van der Waals surface area contributed by atoms with E-state index in [9.17, 15) is 0 Å². The number of benzene rings is 1. The van der Waals surface area contributed by atoms with E-state index in [0.717, 1.165) is 63.3 Å². The number of fused-ring (bicyclic) bond motifs is 1. The normalized spacial score (nSPS) is 14.3. The molecule has 0 fully saturated rings. The van der Waals surface area contributed by atoms with Crippen LogP contribution < -0.4 is 5.32 Å². The number of hydrogen-bond donors (Lipinski definition) is 1. The van der Waals surface area contributed by atoms with E-state index in [2.05, 4.69) is 44.7 Å². The van der Waals surface area contributed by atoms with Gasteiger partial charge < -0.3 is 19.5 Å². The SMILES string of the molecule is CCOCCCNC(=NCc1nnc(C)n1C)N1CCc2ccccc2C1. The third kappa shape index (κ3) is 5.07. The minimum absolute atomic E-state index is 0.517. The van der Waals surface area contributed by atoms with Crippen molar-refractivity contribution in [3.8, 4) is 0 Å². The second-order valence-electron chi connectivity index (χ2n) is 6.78. The van der Waals surface area contributed by atoms with Crippen molar-refractivity contribution < 1.29 is 4.74 Å². The zero-order valence-electron chi connectivity index (χ0n) is 16.6. The highest BCUT2D eigenvalue weighted by molar-refractivity contribution is 5.80. The first-order valence-corrected chi connectivity index (χ1v) is 9.71. The van der Waals surface area contributed by atoms with Gasteiger partial charge in [-0.05, 0) is 37.8 Å². The molecule has 2 aromatic rings. The Morgan fingerprint density at radius 3 is 2.81 bits per heavy atom. The summed E-state index contributed by atoms with van der Waals surface area (Å²) < 4.78 is 7.43. The molecule has 7 heteroatoms. The van der Waals surface area contributed by atoms with Crippen LogP contribution in [0.3, 0.4) is 0 Å². The minimum Gasteiger partial charge on any atom is -0.382 e. The van der Waals surface area contributed by atoms with Gasteiger partial charge in [-0.3, -0.25) is 0 Å². The van der Waals surface area contributed by atoms with E-state index in [0.29, 0.717) is 6.54 Å². The van der Waals surface area contributed by atoms with Crippen molar-refractivity contribution >= 4 is 5.96 Å². The average molecular weight is 371 g/mol. The minimum atomic E-state index is 0.517. The van der Waals surface area contributed by atoms with Gasteiger partial charge in [-0.2, -0.15) is 0 Å². The molecule has 0 saturated heterocycles. The predicted octanol–water partition coefficient (Wildman–Crippen LogP) is 2.05. The maximum Gasteiger partial charge on any atom is 0.194 e. The van der Waals surface area contributed by atoms with Crippen LogP contribution in [-0.4, -0.2) is 51.9 Å². The van der Waals surface area contributed by atoms with Crippen LogP contribution in [0, 0.1) is 6.92 Å². The van der Waals surface area contributed by atoms with Crippen molar-refractivity contribution in [1.29, 1.82) is 0 Å². The van der Waals surface area contributed by atoms with Crippen LogP contribution in [-0.2, 0) is 31.3 Å². The van der Waals surface area contributed by atoms with E-state index < -0.39 is 0 Å². The van der Waals surface area contributed by atoms with Crippen LogP contribution in [0.1, 0.15) is 36.1 Å². The molecule has 1 N–H and O–H groups in total. The number of aliphatic imine (C=N–C) groups is 1. The first-order valence-electron chi connectivity index (χ1n) is 9.71. The molecule has 0 saturated carbocycles. The lowest BCUT2D eigenvalue weighted by molar-refractivity contribution is 0.145. The number of hydrogen-bond acceptors (Lipinski definition) is 4. The fourth-order valence-electron chi connectivity index (χ4n) is 3.20. The summed E-state index contributed by atoms with van der Waals surface area (Å²) in [5.74, 6) is 2.71. The molecule has 0 bridgehead atoms. The van der Waals surface area contributed by atoms with Crippen LogP contribution in [0.5, 0.6) is 0 Å². The largest absolute Gasteiger partial charge is 0.382 e. The highest BCUT2D eigenvalue weighted by Gasteiger charge is 2.19. The molecular weight excluding hydrogens is 340 g/mol. The molecule has 0 spiro atoms. The lowest BCUT2D eigenvalue weighted by Crippen LogP contribution is -2.44. The standard InChI is InChI=1S/C20H30N6O/c1-4-27-13-7-11-21-20(22-14-19-24-23-16(2)25(19)3)26-12-10-17-8-5-6-9-18(17)15-26/h5-6,8-9H,4,7,10-15H2,1-3H3,(H,21,22). The van der Waals surface area contributed by atoms with Gasteiger partial charge in [0.05, 0.1) is 0 Å². The van der Waals surface area contributed by atoms with Crippen molar-refractivity contribution in [3.63, 3.8) is 0 Å². The van der Waals surface area contributed by atoms with Gasteiger partial charge in [0.15, 0.2) is 11.8 Å². The van der Waals surface area contributed by atoms with Crippen LogP contribution in [0.25, 0.3) is 0 Å². The Hall–Kier alpha value is -2.41. The van der Waals surface area contributed by atoms with Gasteiger partial charge in [-0.25, -0.2) is 4.99 Å². The van der Waals surface area contributed by atoms with Gasteiger partial charge in [0, 0.05) is 39.9 Å². The summed E-state index contributed by atoms with van der Waals surface area (Å²) >= 11 is 0. The number of rotatable bonds is 7. The van der Waals surface area contributed by atoms with Gasteiger partial charge in [0.2, 0.25) is 0 Å². The Kier molecular flexibility index (Phi) is 6.81. The quantitative estimate of drug-likeness (QED) is 0.459. The Labute approximate surface area is 161 Å². The molecule has 7 nitrogen and oxygen atoms in total. The smallest absolute Gasteiger partial charge is 0.194 e. The highest BCUT2D eigenvalue weighted by atomic mass is 16.5. The molecule has 0 radical (unpaired) electrons. The van der Waals surface area contributed by atoms with Gasteiger partial charge >= 0.3 is 0 Å². The summed E-state index contributed by atoms with van der Waals surface area (Å²) in [6.45, 7) is 8.70. The maximum atomic E-state index is 5.44. The molecule has 1 aliphatic heterocycles. The number of ether oxygens (including phenoxy) is 1. The Balaban J connectivity index is 1.69. The monoisotopic (exact) mass is 370 g/mol. The van der Waals surface area contributed by atoms with Gasteiger partial charge in [-0.1, -0.05) is 24.3 Å². The second kappa shape index (κ2) is 9.50. The van der Waals surface area contributed by atoms with E-state index in [4.69, 9.17) is 9.73 Å². The van der Waals surface area contributed by atoms with Crippen molar-refractivity contribution in [1.82, 2.24) is 25.0 Å². The molecule has 0 unspecified atom stereocenters. The average Bonchev–Trinajstić information content (AvgIpc) is 3.02. The summed E-state index contributed by atoms with van der Waals surface area (Å²) in [5.41, 5.74) is 2.82. The Morgan fingerprint density at radius 1 is 1.26 bits per heavy atom. The molecule has 1 aromatic heterocycles. The number of aryl methyl sites for hydroxylation is 1. The zero-order chi connectivity index (χ0) is 19.1. The third-order valence-corrected chi connectivity index (χ3v) is 4.94. The van der Waals surface area contributed by atoms with E-state index in [1.807, 2.05) is 25.5 Å². The highest BCUT2D eigenvalue weighted by Crippen LogP contribution is 2.18. The van der Waals surface area contributed by atoms with Crippen molar-refractivity contribution in [2.24, 2.45) is 12.0 Å². The topological polar surface area (TPSA) is 67.6 Å². The summed E-state index contributed by atoms with van der Waals surface area (Å²) in [5, 5.41) is 11.9. The predicted molar refractivity (Wildman–Crippen MR) is 107 cm³/mol. The summed E-state index contributed by atoms with van der Waals surface area (Å²) in [6.07, 6.45) is 2.00. The van der Waals surface area contributed by atoms with Gasteiger partial charge in [0.1, 0.15) is 12.4 Å². The second-order valence-corrected chi connectivity index (χ2v) is 6.78. The maximum absolute atomic E-state index is 5.44. The van der Waals surface area contributed by atoms with Crippen molar-refractivity contribution in [2.45, 2.75) is 39.8 Å². The molecule has 1 aliphatic rings. The first kappa shape index (κ1) is 19.4. The van der Waals surface area contributed by atoms with Gasteiger partial charge in [0.25, 0.3) is 0 Å². The van der Waals surface area contributed by atoms with Crippen molar-refractivity contribution in [2.75, 3.05) is 26.3 Å². The molecule has 0 aliphatic carbocycles. The molecule has 1 aromatic carbocycles. The molecule has 146 valence electrons. The summed E-state index contributed by atoms with van der Waals surface area (Å²) in [7, 11) is 1.98. The van der Waals surface area contributed by atoms with Gasteiger partial charge in [-0.15, -0.1) is 10.2 Å². The number of nitrogens with zero attached hydrogens (tertiary/aromatic N) is 5.